The molecule has 3 rings (SSSR count). The minimum atomic E-state index is -0.250. The minimum Gasteiger partial charge on any atom is -0.469 e. The maximum Gasteiger partial charge on any atom is 0.307 e. The molecule has 1 aliphatic heterocycles. The van der Waals surface area contributed by atoms with Crippen LogP contribution in [0.2, 0.25) is 0 Å². The standard InChI is InChI=1S/C29H47N5O3/c1-4-6-12-24(13-7-5-2)31-28(36)23-14-15-25-26(22-23)34(21-11-20-33-18-9-8-10-19-33)29(32-25)30-17-16-27(35)37-3/h14-15,22,24H,4-13,16-21H2,1-3H3,(H,30,32)(H,31,36). The summed E-state index contributed by atoms with van der Waals surface area (Å²) in [6.07, 6.45) is 11.7. The molecule has 1 amide bonds. The Morgan fingerprint density at radius 1 is 1.03 bits per heavy atom. The number of nitrogens with zero attached hydrogens (tertiary/aromatic N) is 3. The fraction of sp³-hybridized carbons (Fsp3) is 0.690. The van der Waals surface area contributed by atoms with E-state index in [1.54, 1.807) is 0 Å². The number of piperidine rings is 1. The molecule has 2 heterocycles. The number of aryl methyl sites for hydroxylation is 1. The first kappa shape index (κ1) is 29.0. The lowest BCUT2D eigenvalue weighted by atomic mass is 10.0. The van der Waals surface area contributed by atoms with Crippen LogP contribution in [0, 0.1) is 0 Å². The molecule has 206 valence electrons. The third-order valence-corrected chi connectivity index (χ3v) is 7.30. The first-order chi connectivity index (χ1) is 18.0. The highest BCUT2D eigenvalue weighted by molar-refractivity contribution is 5.98. The zero-order valence-corrected chi connectivity index (χ0v) is 23.2. The molecule has 0 radical (unpaired) electrons. The Morgan fingerprint density at radius 2 is 1.76 bits per heavy atom. The van der Waals surface area contributed by atoms with Gasteiger partial charge in [0.05, 0.1) is 24.6 Å². The van der Waals surface area contributed by atoms with E-state index in [0.29, 0.717) is 12.1 Å². The van der Waals surface area contributed by atoms with Crippen LogP contribution in [0.5, 0.6) is 0 Å². The normalized spacial score (nSPS) is 14.3. The number of benzene rings is 1. The van der Waals surface area contributed by atoms with Crippen LogP contribution in [0.3, 0.4) is 0 Å². The molecule has 1 aliphatic rings. The van der Waals surface area contributed by atoms with Gasteiger partial charge in [0.25, 0.3) is 5.91 Å². The summed E-state index contributed by atoms with van der Waals surface area (Å²) in [5.41, 5.74) is 2.47. The second kappa shape index (κ2) is 15.6. The van der Waals surface area contributed by atoms with Gasteiger partial charge in [0, 0.05) is 24.7 Å². The van der Waals surface area contributed by atoms with E-state index in [0.717, 1.165) is 75.0 Å². The van der Waals surface area contributed by atoms with Crippen LogP contribution in [0.25, 0.3) is 11.0 Å². The van der Waals surface area contributed by atoms with E-state index in [1.165, 1.54) is 39.5 Å². The third kappa shape index (κ3) is 9.02. The van der Waals surface area contributed by atoms with Gasteiger partial charge in [-0.05, 0) is 69.9 Å². The number of ether oxygens (including phenoxy) is 1. The predicted molar refractivity (Wildman–Crippen MR) is 150 cm³/mol. The van der Waals surface area contributed by atoms with Crippen LogP contribution in [-0.4, -0.2) is 65.7 Å². The number of methoxy groups -OCH3 is 1. The van der Waals surface area contributed by atoms with Crippen molar-refractivity contribution in [2.24, 2.45) is 0 Å². The summed E-state index contributed by atoms with van der Waals surface area (Å²) < 4.78 is 6.94. The van der Waals surface area contributed by atoms with Crippen molar-refractivity contribution in [3.8, 4) is 0 Å². The number of likely N-dealkylation sites (tertiary alicyclic amines) is 1. The van der Waals surface area contributed by atoms with Gasteiger partial charge in [-0.3, -0.25) is 9.59 Å². The molecule has 8 nitrogen and oxygen atoms in total. The number of aromatic nitrogens is 2. The van der Waals surface area contributed by atoms with Gasteiger partial charge in [0.15, 0.2) is 0 Å². The predicted octanol–water partition coefficient (Wildman–Crippen LogP) is 5.37. The second-order valence-corrected chi connectivity index (χ2v) is 10.3. The Balaban J connectivity index is 1.76. The summed E-state index contributed by atoms with van der Waals surface area (Å²) in [6.45, 7) is 9.04. The summed E-state index contributed by atoms with van der Waals surface area (Å²) in [7, 11) is 1.40. The monoisotopic (exact) mass is 513 g/mol. The van der Waals surface area contributed by atoms with E-state index in [2.05, 4.69) is 33.9 Å². The molecule has 0 unspecified atom stereocenters. The highest BCUT2D eigenvalue weighted by Crippen LogP contribution is 2.23. The molecule has 8 heteroatoms. The third-order valence-electron chi connectivity index (χ3n) is 7.30. The SMILES string of the molecule is CCCCC(CCCC)NC(=O)c1ccc2nc(NCCC(=O)OC)n(CCCN3CCCCC3)c2c1. The van der Waals surface area contributed by atoms with E-state index < -0.39 is 0 Å². The molecule has 0 bridgehead atoms. The quantitative estimate of drug-likeness (QED) is 0.294. The summed E-state index contributed by atoms with van der Waals surface area (Å²) in [5, 5.41) is 6.61. The Kier molecular flexibility index (Phi) is 12.2. The summed E-state index contributed by atoms with van der Waals surface area (Å²) in [6, 6.07) is 6.00. The number of nitrogens with one attached hydrogen (secondary N) is 2. The van der Waals surface area contributed by atoms with Gasteiger partial charge in [0.2, 0.25) is 5.95 Å². The number of carbonyl (C=O) groups is 2. The van der Waals surface area contributed by atoms with Gasteiger partial charge >= 0.3 is 5.97 Å². The number of amides is 1. The average Bonchev–Trinajstić information content (AvgIpc) is 3.27. The van der Waals surface area contributed by atoms with E-state index >= 15 is 0 Å². The Morgan fingerprint density at radius 3 is 2.43 bits per heavy atom. The van der Waals surface area contributed by atoms with Gasteiger partial charge in [-0.2, -0.15) is 0 Å². The van der Waals surface area contributed by atoms with Gasteiger partial charge in [0.1, 0.15) is 0 Å². The fourth-order valence-electron chi connectivity index (χ4n) is 5.10. The van der Waals surface area contributed by atoms with Crippen molar-refractivity contribution >= 4 is 28.9 Å². The van der Waals surface area contributed by atoms with Crippen molar-refractivity contribution in [3.63, 3.8) is 0 Å². The summed E-state index contributed by atoms with van der Waals surface area (Å²) >= 11 is 0. The lowest BCUT2D eigenvalue weighted by molar-refractivity contribution is -0.140. The Hall–Kier alpha value is -2.61. The van der Waals surface area contributed by atoms with Gasteiger partial charge < -0.3 is 24.8 Å². The average molecular weight is 514 g/mol. The number of fused-ring (bicyclic) bond motifs is 1. The molecule has 1 aromatic heterocycles. The Labute approximate surface area is 222 Å². The van der Waals surface area contributed by atoms with E-state index in [4.69, 9.17) is 9.72 Å². The molecule has 2 aromatic rings. The highest BCUT2D eigenvalue weighted by Gasteiger charge is 2.17. The van der Waals surface area contributed by atoms with Crippen molar-refractivity contribution in [1.29, 1.82) is 0 Å². The van der Waals surface area contributed by atoms with Crippen LogP contribution in [0.15, 0.2) is 18.2 Å². The molecule has 2 N–H and O–H groups in total. The van der Waals surface area contributed by atoms with Crippen LogP contribution in [0.1, 0.15) is 94.8 Å². The molecule has 0 atom stereocenters. The van der Waals surface area contributed by atoms with E-state index in [1.807, 2.05) is 18.2 Å². The lowest BCUT2D eigenvalue weighted by Gasteiger charge is -2.26. The van der Waals surface area contributed by atoms with Crippen LogP contribution in [-0.2, 0) is 16.1 Å². The second-order valence-electron chi connectivity index (χ2n) is 10.3. The number of unbranched alkanes of at least 4 members (excludes halogenated alkanes) is 2. The first-order valence-electron chi connectivity index (χ1n) is 14.4. The van der Waals surface area contributed by atoms with E-state index in [9.17, 15) is 9.59 Å². The molecule has 1 saturated heterocycles. The molecule has 0 saturated carbocycles. The number of hydrogen-bond acceptors (Lipinski definition) is 6. The minimum absolute atomic E-state index is 0.0135. The number of hydrogen-bond donors (Lipinski definition) is 2. The molecule has 0 aliphatic carbocycles. The van der Waals surface area contributed by atoms with Crippen molar-refractivity contribution in [2.75, 3.05) is 38.6 Å². The van der Waals surface area contributed by atoms with Gasteiger partial charge in [-0.25, -0.2) is 4.98 Å². The fourth-order valence-corrected chi connectivity index (χ4v) is 5.10. The van der Waals surface area contributed by atoms with Gasteiger partial charge in [-0.15, -0.1) is 0 Å². The van der Waals surface area contributed by atoms with Crippen molar-refractivity contribution in [1.82, 2.24) is 19.8 Å². The summed E-state index contributed by atoms with van der Waals surface area (Å²) in [4.78, 5) is 32.2. The maximum atomic E-state index is 13.2. The number of carbonyl (C=O) groups excluding carboxylic acids is 2. The lowest BCUT2D eigenvalue weighted by Crippen LogP contribution is -2.34. The number of rotatable bonds is 16. The highest BCUT2D eigenvalue weighted by atomic mass is 16.5. The van der Waals surface area contributed by atoms with Gasteiger partial charge in [-0.1, -0.05) is 46.0 Å². The number of imidazole rings is 1. The maximum absolute atomic E-state index is 13.2. The molecule has 37 heavy (non-hydrogen) atoms. The van der Waals surface area contributed by atoms with Crippen molar-refractivity contribution in [2.45, 2.75) is 97.1 Å². The van der Waals surface area contributed by atoms with Crippen molar-refractivity contribution < 1.29 is 14.3 Å². The molecule has 1 fully saturated rings. The van der Waals surface area contributed by atoms with E-state index in [-0.39, 0.29) is 24.3 Å². The Bertz CT molecular complexity index is 975. The topological polar surface area (TPSA) is 88.5 Å². The molecular formula is C29H47N5O3. The molecule has 1 aromatic carbocycles. The summed E-state index contributed by atoms with van der Waals surface area (Å²) in [5.74, 6) is 0.471. The number of anilines is 1. The van der Waals surface area contributed by atoms with Crippen LogP contribution in [0.4, 0.5) is 5.95 Å². The first-order valence-corrected chi connectivity index (χ1v) is 14.4. The zero-order chi connectivity index (χ0) is 26.5. The van der Waals surface area contributed by atoms with Crippen LogP contribution < -0.4 is 10.6 Å². The number of esters is 1. The van der Waals surface area contributed by atoms with Crippen LogP contribution >= 0.6 is 0 Å². The van der Waals surface area contributed by atoms with Crippen molar-refractivity contribution in [3.05, 3.63) is 23.8 Å². The zero-order valence-electron chi connectivity index (χ0n) is 23.2. The molecular weight excluding hydrogens is 466 g/mol. The smallest absolute Gasteiger partial charge is 0.307 e. The largest absolute Gasteiger partial charge is 0.469 e. The molecule has 0 spiro atoms.